The highest BCUT2D eigenvalue weighted by Crippen LogP contribution is 2.29. The maximum absolute atomic E-state index is 5.79. The van der Waals surface area contributed by atoms with Gasteiger partial charge in [0.15, 0.2) is 21.2 Å². The minimum Gasteiger partial charge on any atom is -0.494 e. The van der Waals surface area contributed by atoms with E-state index in [2.05, 4.69) is 20.6 Å². The molecular formula is C11H9ClN4O2S. The van der Waals surface area contributed by atoms with Crippen LogP contribution in [0.25, 0.3) is 11.0 Å². The minimum absolute atomic E-state index is 0.528. The third-order valence-corrected chi connectivity index (χ3v) is 3.69. The van der Waals surface area contributed by atoms with Gasteiger partial charge in [-0.2, -0.15) is 0 Å². The summed E-state index contributed by atoms with van der Waals surface area (Å²) in [6.07, 6.45) is 1.74. The monoisotopic (exact) mass is 296 g/mol. The molecule has 1 N–H and O–H groups in total. The number of thiazole rings is 1. The second-order valence-electron chi connectivity index (χ2n) is 3.71. The summed E-state index contributed by atoms with van der Waals surface area (Å²) >= 11 is 7.21. The Hall–Kier alpha value is -1.86. The van der Waals surface area contributed by atoms with Crippen LogP contribution in [-0.4, -0.2) is 22.4 Å². The van der Waals surface area contributed by atoms with E-state index in [-0.39, 0.29) is 0 Å². The Balaban J connectivity index is 1.87. The first kappa shape index (κ1) is 12.2. The predicted molar refractivity (Wildman–Crippen MR) is 72.8 cm³/mol. The van der Waals surface area contributed by atoms with Crippen molar-refractivity contribution in [3.05, 3.63) is 27.7 Å². The molecule has 0 aliphatic carbocycles. The highest BCUT2D eigenvalue weighted by atomic mass is 35.5. The van der Waals surface area contributed by atoms with E-state index in [4.69, 9.17) is 21.0 Å². The molecule has 98 valence electrons. The second-order valence-corrected chi connectivity index (χ2v) is 5.41. The molecule has 3 rings (SSSR count). The summed E-state index contributed by atoms with van der Waals surface area (Å²) in [6.45, 7) is 0.610. The van der Waals surface area contributed by atoms with Gasteiger partial charge in [0, 0.05) is 11.1 Å². The summed E-state index contributed by atoms with van der Waals surface area (Å²) < 4.78 is 10.5. The van der Waals surface area contributed by atoms with Crippen molar-refractivity contribution in [3.8, 4) is 5.75 Å². The Morgan fingerprint density at radius 1 is 1.37 bits per heavy atom. The number of rotatable bonds is 4. The SMILES string of the molecule is COc1ccc(NCc2cnc(Cl)s2)c2nonc12. The fraction of sp³-hybridized carbons (Fsp3) is 0.182. The smallest absolute Gasteiger partial charge is 0.183 e. The fourth-order valence-corrected chi connectivity index (χ4v) is 2.62. The second kappa shape index (κ2) is 5.02. The Morgan fingerprint density at radius 2 is 2.21 bits per heavy atom. The first-order valence-electron chi connectivity index (χ1n) is 5.41. The van der Waals surface area contributed by atoms with E-state index in [0.717, 1.165) is 10.6 Å². The van der Waals surface area contributed by atoms with Crippen molar-refractivity contribution in [1.82, 2.24) is 15.3 Å². The third-order valence-electron chi connectivity index (χ3n) is 2.58. The van der Waals surface area contributed by atoms with Crippen molar-refractivity contribution >= 4 is 39.7 Å². The molecular weight excluding hydrogens is 288 g/mol. The van der Waals surface area contributed by atoms with Crippen molar-refractivity contribution in [1.29, 1.82) is 0 Å². The van der Waals surface area contributed by atoms with Gasteiger partial charge in [0.2, 0.25) is 0 Å². The Kier molecular flexibility index (Phi) is 3.22. The summed E-state index contributed by atoms with van der Waals surface area (Å²) in [6, 6.07) is 3.68. The Labute approximate surface area is 117 Å². The van der Waals surface area contributed by atoms with Gasteiger partial charge < -0.3 is 10.1 Å². The lowest BCUT2D eigenvalue weighted by Crippen LogP contribution is -1.98. The van der Waals surface area contributed by atoms with Crippen molar-refractivity contribution in [2.24, 2.45) is 0 Å². The number of fused-ring (bicyclic) bond motifs is 1. The van der Waals surface area contributed by atoms with Gasteiger partial charge in [-0.3, -0.25) is 0 Å². The van der Waals surface area contributed by atoms with Gasteiger partial charge in [0.05, 0.1) is 19.3 Å². The number of nitrogens with one attached hydrogen (secondary N) is 1. The number of methoxy groups -OCH3 is 1. The molecule has 0 fully saturated rings. The van der Waals surface area contributed by atoms with Gasteiger partial charge in [-0.05, 0) is 22.4 Å². The summed E-state index contributed by atoms with van der Waals surface area (Å²) in [5.41, 5.74) is 2.05. The standard InChI is InChI=1S/C11H9ClN4O2S/c1-17-8-3-2-7(9-10(8)16-18-15-9)13-4-6-5-14-11(12)19-6/h2-3,5,13H,4H2,1H3. The fourth-order valence-electron chi connectivity index (χ4n) is 1.70. The van der Waals surface area contributed by atoms with Crippen molar-refractivity contribution in [2.75, 3.05) is 12.4 Å². The molecule has 0 atom stereocenters. The van der Waals surface area contributed by atoms with Crippen molar-refractivity contribution < 1.29 is 9.37 Å². The molecule has 0 aliphatic heterocycles. The molecule has 2 aromatic heterocycles. The van der Waals surface area contributed by atoms with Gasteiger partial charge in [-0.15, -0.1) is 11.3 Å². The molecule has 6 nitrogen and oxygen atoms in total. The number of halogens is 1. The normalized spacial score (nSPS) is 10.8. The number of hydrogen-bond donors (Lipinski definition) is 1. The molecule has 1 aromatic carbocycles. The molecule has 0 saturated carbocycles. The third kappa shape index (κ3) is 2.34. The summed E-state index contributed by atoms with van der Waals surface area (Å²) in [5, 5.41) is 11.0. The molecule has 8 heteroatoms. The lowest BCUT2D eigenvalue weighted by molar-refractivity contribution is 0.314. The van der Waals surface area contributed by atoms with Crippen LogP contribution in [0.2, 0.25) is 4.47 Å². The lowest BCUT2D eigenvalue weighted by Gasteiger charge is -2.06. The largest absolute Gasteiger partial charge is 0.494 e. The highest BCUT2D eigenvalue weighted by Gasteiger charge is 2.12. The van der Waals surface area contributed by atoms with Crippen LogP contribution < -0.4 is 10.1 Å². The Morgan fingerprint density at radius 3 is 2.95 bits per heavy atom. The van der Waals surface area contributed by atoms with Crippen LogP contribution in [-0.2, 0) is 6.54 Å². The average Bonchev–Trinajstić information content (AvgIpc) is 3.05. The van der Waals surface area contributed by atoms with E-state index in [0.29, 0.717) is 27.8 Å². The molecule has 0 amide bonds. The van der Waals surface area contributed by atoms with E-state index < -0.39 is 0 Å². The van der Waals surface area contributed by atoms with E-state index in [1.165, 1.54) is 11.3 Å². The number of anilines is 1. The summed E-state index contributed by atoms with van der Waals surface area (Å²) in [4.78, 5) is 5.02. The molecule has 2 heterocycles. The van der Waals surface area contributed by atoms with Crippen LogP contribution in [0.5, 0.6) is 5.75 Å². The topological polar surface area (TPSA) is 73.1 Å². The molecule has 0 bridgehead atoms. The maximum Gasteiger partial charge on any atom is 0.183 e. The maximum atomic E-state index is 5.79. The Bertz CT molecular complexity index is 712. The van der Waals surface area contributed by atoms with E-state index >= 15 is 0 Å². The molecule has 0 aliphatic rings. The predicted octanol–water partition coefficient (Wildman–Crippen LogP) is 2.95. The number of benzene rings is 1. The number of nitrogens with zero attached hydrogens (tertiary/aromatic N) is 3. The van der Waals surface area contributed by atoms with Gasteiger partial charge >= 0.3 is 0 Å². The average molecular weight is 297 g/mol. The summed E-state index contributed by atoms with van der Waals surface area (Å²) in [7, 11) is 1.58. The van der Waals surface area contributed by atoms with Crippen LogP contribution in [0.3, 0.4) is 0 Å². The number of aromatic nitrogens is 3. The van der Waals surface area contributed by atoms with Gasteiger partial charge in [0.1, 0.15) is 0 Å². The molecule has 0 unspecified atom stereocenters. The van der Waals surface area contributed by atoms with Gasteiger partial charge in [-0.1, -0.05) is 11.6 Å². The van der Waals surface area contributed by atoms with Crippen molar-refractivity contribution in [3.63, 3.8) is 0 Å². The van der Waals surface area contributed by atoms with Gasteiger partial charge in [-0.25, -0.2) is 9.61 Å². The number of hydrogen-bond acceptors (Lipinski definition) is 7. The van der Waals surface area contributed by atoms with Crippen LogP contribution in [0.1, 0.15) is 4.88 Å². The zero-order valence-electron chi connectivity index (χ0n) is 9.88. The van der Waals surface area contributed by atoms with E-state index in [1.54, 1.807) is 13.3 Å². The highest BCUT2D eigenvalue weighted by molar-refractivity contribution is 7.15. The zero-order valence-corrected chi connectivity index (χ0v) is 11.5. The zero-order chi connectivity index (χ0) is 13.2. The molecule has 0 spiro atoms. The van der Waals surface area contributed by atoms with Crippen molar-refractivity contribution in [2.45, 2.75) is 6.54 Å². The molecule has 0 radical (unpaired) electrons. The van der Waals surface area contributed by atoms with Crippen LogP contribution in [0.15, 0.2) is 23.0 Å². The van der Waals surface area contributed by atoms with E-state index in [9.17, 15) is 0 Å². The minimum atomic E-state index is 0.528. The van der Waals surface area contributed by atoms with Crippen LogP contribution in [0.4, 0.5) is 5.69 Å². The molecule has 19 heavy (non-hydrogen) atoms. The van der Waals surface area contributed by atoms with E-state index in [1.807, 2.05) is 12.1 Å². The van der Waals surface area contributed by atoms with Crippen LogP contribution in [0, 0.1) is 0 Å². The molecule has 0 saturated heterocycles. The molecule has 3 aromatic rings. The summed E-state index contributed by atoms with van der Waals surface area (Å²) in [5.74, 6) is 0.627. The number of ether oxygens (including phenoxy) is 1. The first-order valence-corrected chi connectivity index (χ1v) is 6.60. The first-order chi connectivity index (χ1) is 9.28. The quantitative estimate of drug-likeness (QED) is 0.798. The van der Waals surface area contributed by atoms with Gasteiger partial charge in [0.25, 0.3) is 0 Å². The lowest BCUT2D eigenvalue weighted by atomic mass is 10.2. The van der Waals surface area contributed by atoms with Crippen LogP contribution >= 0.6 is 22.9 Å².